The molecule has 0 bridgehead atoms. The van der Waals surface area contributed by atoms with Gasteiger partial charge in [0.25, 0.3) is 0 Å². The Labute approximate surface area is 177 Å². The molecule has 2 aromatic heterocycles. The van der Waals surface area contributed by atoms with E-state index in [2.05, 4.69) is 15.5 Å². The molecule has 1 N–H and O–H groups in total. The fraction of sp³-hybridized carbons (Fsp3) is 0.278. The van der Waals surface area contributed by atoms with Crippen LogP contribution >= 0.6 is 34.7 Å². The van der Waals surface area contributed by atoms with E-state index < -0.39 is 23.3 Å². The monoisotopic (exact) mass is 458 g/mol. The van der Waals surface area contributed by atoms with Gasteiger partial charge in [-0.2, -0.15) is 13.2 Å². The molecule has 1 aromatic carbocycles. The number of thiophene rings is 1. The number of carbonyl (C=O) groups excluding carboxylic acids is 1. The molecule has 11 heteroatoms. The van der Waals surface area contributed by atoms with E-state index in [9.17, 15) is 18.0 Å². The number of benzene rings is 1. The van der Waals surface area contributed by atoms with Crippen molar-refractivity contribution >= 4 is 46.3 Å². The van der Waals surface area contributed by atoms with Gasteiger partial charge in [-0.25, -0.2) is 0 Å². The molecule has 0 aliphatic heterocycles. The van der Waals surface area contributed by atoms with E-state index >= 15 is 0 Å². The van der Waals surface area contributed by atoms with Crippen molar-refractivity contribution in [3.63, 3.8) is 0 Å². The third kappa shape index (κ3) is 4.44. The number of rotatable bonds is 6. The second-order valence-corrected chi connectivity index (χ2v) is 8.68. The Balaban J connectivity index is 1.49. The summed E-state index contributed by atoms with van der Waals surface area (Å²) >= 11 is 8.57. The molecule has 1 aliphatic carbocycles. The van der Waals surface area contributed by atoms with Gasteiger partial charge in [0.2, 0.25) is 5.91 Å². The highest BCUT2D eigenvalue weighted by Gasteiger charge is 2.35. The lowest BCUT2D eigenvalue weighted by molar-refractivity contribution is -0.137. The van der Waals surface area contributed by atoms with Crippen LogP contribution < -0.4 is 5.32 Å². The number of nitrogens with zero attached hydrogens (tertiary/aromatic N) is 3. The minimum Gasteiger partial charge on any atom is -0.324 e. The standard InChI is InChI=1S/C18H14ClF3N4OS2/c19-12-4-1-3-11(18(20,21)22)15(12)23-14(27)9-29-17-25-24-16(13-5-2-8-28-13)26(17)10-6-7-10/h1-5,8,10H,6-7,9H2,(H,23,27). The first kappa shape index (κ1) is 20.2. The Morgan fingerprint density at radius 3 is 2.72 bits per heavy atom. The molecule has 1 aliphatic rings. The molecule has 4 rings (SSSR count). The van der Waals surface area contributed by atoms with Gasteiger partial charge in [0.15, 0.2) is 11.0 Å². The third-order valence-electron chi connectivity index (χ3n) is 4.23. The average molecular weight is 459 g/mol. The van der Waals surface area contributed by atoms with Crippen LogP contribution in [-0.4, -0.2) is 26.4 Å². The molecule has 1 saturated carbocycles. The summed E-state index contributed by atoms with van der Waals surface area (Å²) in [5.74, 6) is 0.0325. The van der Waals surface area contributed by atoms with Gasteiger partial charge < -0.3 is 5.32 Å². The predicted octanol–water partition coefficient (Wildman–Crippen LogP) is 5.74. The van der Waals surface area contributed by atoms with E-state index in [0.717, 1.165) is 41.4 Å². The van der Waals surface area contributed by atoms with Gasteiger partial charge in [-0.3, -0.25) is 9.36 Å². The molecular weight excluding hydrogens is 445 g/mol. The number of thioether (sulfide) groups is 1. The van der Waals surface area contributed by atoms with Gasteiger partial charge in [-0.05, 0) is 36.4 Å². The minimum absolute atomic E-state index is 0.113. The highest BCUT2D eigenvalue weighted by molar-refractivity contribution is 7.99. The summed E-state index contributed by atoms with van der Waals surface area (Å²) < 4.78 is 41.5. The van der Waals surface area contributed by atoms with Gasteiger partial charge >= 0.3 is 6.18 Å². The number of nitrogens with one attached hydrogen (secondary N) is 1. The minimum atomic E-state index is -4.62. The highest BCUT2D eigenvalue weighted by Crippen LogP contribution is 2.42. The van der Waals surface area contributed by atoms with Crippen LogP contribution in [0.4, 0.5) is 18.9 Å². The van der Waals surface area contributed by atoms with Crippen molar-refractivity contribution in [3.8, 4) is 10.7 Å². The maximum atomic E-state index is 13.2. The van der Waals surface area contributed by atoms with Gasteiger partial charge in [0.05, 0.1) is 26.9 Å². The van der Waals surface area contributed by atoms with Gasteiger partial charge in [0.1, 0.15) is 0 Å². The number of hydrogen-bond donors (Lipinski definition) is 1. The Hall–Kier alpha value is -2.04. The van der Waals surface area contributed by atoms with Crippen LogP contribution in [0.1, 0.15) is 24.4 Å². The van der Waals surface area contributed by atoms with E-state index in [4.69, 9.17) is 11.6 Å². The lowest BCUT2D eigenvalue weighted by Gasteiger charge is -2.15. The summed E-state index contributed by atoms with van der Waals surface area (Å²) in [7, 11) is 0. The number of carbonyl (C=O) groups is 1. The number of aromatic nitrogens is 3. The first-order chi connectivity index (χ1) is 13.8. The molecule has 0 atom stereocenters. The van der Waals surface area contributed by atoms with Gasteiger partial charge in [-0.1, -0.05) is 35.5 Å². The maximum absolute atomic E-state index is 13.2. The van der Waals surface area contributed by atoms with Crippen molar-refractivity contribution in [1.82, 2.24) is 14.8 Å². The van der Waals surface area contributed by atoms with E-state index in [1.54, 1.807) is 11.3 Å². The largest absolute Gasteiger partial charge is 0.418 e. The van der Waals surface area contributed by atoms with E-state index in [0.29, 0.717) is 5.16 Å². The SMILES string of the molecule is O=C(CSc1nnc(-c2cccs2)n1C1CC1)Nc1c(Cl)cccc1C(F)(F)F. The van der Waals surface area contributed by atoms with E-state index in [1.165, 1.54) is 12.1 Å². The van der Waals surface area contributed by atoms with Gasteiger partial charge in [0, 0.05) is 6.04 Å². The Kier molecular flexibility index (Phi) is 5.58. The smallest absolute Gasteiger partial charge is 0.324 e. The fourth-order valence-electron chi connectivity index (χ4n) is 2.80. The van der Waals surface area contributed by atoms with Crippen LogP contribution in [0.3, 0.4) is 0 Å². The van der Waals surface area contributed by atoms with Crippen molar-refractivity contribution < 1.29 is 18.0 Å². The molecule has 2 heterocycles. The number of alkyl halides is 3. The highest BCUT2D eigenvalue weighted by atomic mass is 35.5. The molecule has 1 amide bonds. The lowest BCUT2D eigenvalue weighted by Crippen LogP contribution is -2.18. The van der Waals surface area contributed by atoms with E-state index in [1.807, 2.05) is 22.1 Å². The molecule has 5 nitrogen and oxygen atoms in total. The zero-order valence-corrected chi connectivity index (χ0v) is 17.1. The van der Waals surface area contributed by atoms with Gasteiger partial charge in [-0.15, -0.1) is 21.5 Å². The van der Waals surface area contributed by atoms with Crippen molar-refractivity contribution in [2.45, 2.75) is 30.2 Å². The van der Waals surface area contributed by atoms with Crippen molar-refractivity contribution in [3.05, 3.63) is 46.3 Å². The van der Waals surface area contributed by atoms with Crippen LogP contribution in [0.2, 0.25) is 5.02 Å². The summed E-state index contributed by atoms with van der Waals surface area (Å²) in [6, 6.07) is 7.54. The van der Waals surface area contributed by atoms with E-state index in [-0.39, 0.29) is 16.8 Å². The molecule has 3 aromatic rings. The van der Waals surface area contributed by atoms with Crippen molar-refractivity contribution in [2.75, 3.05) is 11.1 Å². The molecule has 0 radical (unpaired) electrons. The number of halogens is 4. The Morgan fingerprint density at radius 2 is 2.07 bits per heavy atom. The lowest BCUT2D eigenvalue weighted by atomic mass is 10.1. The summed E-state index contributed by atoms with van der Waals surface area (Å²) in [6.45, 7) is 0. The van der Waals surface area contributed by atoms with Crippen LogP contribution in [-0.2, 0) is 11.0 Å². The Bertz CT molecular complexity index is 1030. The van der Waals surface area contributed by atoms with Crippen LogP contribution in [0.25, 0.3) is 10.7 Å². The van der Waals surface area contributed by atoms with Crippen LogP contribution in [0.5, 0.6) is 0 Å². The van der Waals surface area contributed by atoms with Crippen LogP contribution in [0.15, 0.2) is 40.9 Å². The third-order valence-corrected chi connectivity index (χ3v) is 6.36. The maximum Gasteiger partial charge on any atom is 0.418 e. The quantitative estimate of drug-likeness (QED) is 0.478. The molecule has 0 saturated heterocycles. The van der Waals surface area contributed by atoms with Crippen LogP contribution in [0, 0.1) is 0 Å². The topological polar surface area (TPSA) is 59.8 Å². The second kappa shape index (κ2) is 8.00. The summed E-state index contributed by atoms with van der Waals surface area (Å²) in [5.41, 5.74) is -1.42. The predicted molar refractivity (Wildman–Crippen MR) is 107 cm³/mol. The average Bonchev–Trinajstić information content (AvgIpc) is 3.18. The fourth-order valence-corrected chi connectivity index (χ4v) is 4.54. The summed E-state index contributed by atoms with van der Waals surface area (Å²) in [5, 5.41) is 13.1. The molecule has 0 spiro atoms. The molecule has 1 fully saturated rings. The second-order valence-electron chi connectivity index (χ2n) is 6.38. The molecule has 152 valence electrons. The number of anilines is 1. The zero-order valence-electron chi connectivity index (χ0n) is 14.7. The van der Waals surface area contributed by atoms with Crippen molar-refractivity contribution in [1.29, 1.82) is 0 Å². The summed E-state index contributed by atoms with van der Waals surface area (Å²) in [4.78, 5) is 13.3. The first-order valence-electron chi connectivity index (χ1n) is 8.61. The molecule has 29 heavy (non-hydrogen) atoms. The Morgan fingerprint density at radius 1 is 1.28 bits per heavy atom. The number of amides is 1. The molecule has 0 unspecified atom stereocenters. The summed E-state index contributed by atoms with van der Waals surface area (Å²) in [6.07, 6.45) is -2.61. The molecular formula is C18H14ClF3N4OS2. The number of hydrogen-bond acceptors (Lipinski definition) is 5. The number of para-hydroxylation sites is 1. The normalized spacial score (nSPS) is 14.2. The first-order valence-corrected chi connectivity index (χ1v) is 10.9. The zero-order chi connectivity index (χ0) is 20.6. The van der Waals surface area contributed by atoms with Crippen molar-refractivity contribution in [2.24, 2.45) is 0 Å².